The van der Waals surface area contributed by atoms with Crippen LogP contribution in [0.4, 0.5) is 5.82 Å². The molecule has 2 aromatic heterocycles. The van der Waals surface area contributed by atoms with Gasteiger partial charge < -0.3 is 10.5 Å². The molecule has 0 amide bonds. The molecule has 3 N–H and O–H groups in total. The number of H-pyrrole nitrogens is 1. The molecule has 0 aliphatic carbocycles. The molecule has 0 unspecified atom stereocenters. The van der Waals surface area contributed by atoms with Crippen LogP contribution in [0.25, 0.3) is 22.5 Å². The first kappa shape index (κ1) is 12.2. The van der Waals surface area contributed by atoms with Gasteiger partial charge >= 0.3 is 0 Å². The normalized spacial score (nSPS) is 10.4. The van der Waals surface area contributed by atoms with Crippen LogP contribution in [0.15, 0.2) is 48.7 Å². The van der Waals surface area contributed by atoms with Crippen molar-refractivity contribution in [3.63, 3.8) is 0 Å². The maximum absolute atomic E-state index is 6.01. The Morgan fingerprint density at radius 2 is 1.90 bits per heavy atom. The van der Waals surface area contributed by atoms with E-state index >= 15 is 0 Å². The number of anilines is 1. The first-order chi connectivity index (χ1) is 9.81. The molecule has 0 bridgehead atoms. The highest BCUT2D eigenvalue weighted by molar-refractivity contribution is 5.89. The SMILES string of the molecule is COc1ccccc1-c1c(N)n[nH]c1-c1ccccn1. The molecule has 0 atom stereocenters. The molecule has 0 radical (unpaired) electrons. The summed E-state index contributed by atoms with van der Waals surface area (Å²) < 4.78 is 5.40. The Labute approximate surface area is 116 Å². The monoisotopic (exact) mass is 266 g/mol. The van der Waals surface area contributed by atoms with Crippen molar-refractivity contribution < 1.29 is 4.74 Å². The number of hydrogen-bond acceptors (Lipinski definition) is 4. The van der Waals surface area contributed by atoms with Gasteiger partial charge in [0, 0.05) is 11.8 Å². The minimum atomic E-state index is 0.426. The third-order valence-electron chi connectivity index (χ3n) is 3.09. The summed E-state index contributed by atoms with van der Waals surface area (Å²) in [5.74, 6) is 1.17. The molecule has 5 heteroatoms. The molecule has 0 spiro atoms. The van der Waals surface area contributed by atoms with Gasteiger partial charge in [0.25, 0.3) is 0 Å². The van der Waals surface area contributed by atoms with Crippen LogP contribution >= 0.6 is 0 Å². The zero-order valence-electron chi connectivity index (χ0n) is 11.0. The Morgan fingerprint density at radius 3 is 2.65 bits per heavy atom. The lowest BCUT2D eigenvalue weighted by Gasteiger charge is -2.09. The Kier molecular flexibility index (Phi) is 3.09. The van der Waals surface area contributed by atoms with E-state index in [1.54, 1.807) is 13.3 Å². The summed E-state index contributed by atoms with van der Waals surface area (Å²) in [6, 6.07) is 13.4. The summed E-state index contributed by atoms with van der Waals surface area (Å²) in [5.41, 5.74) is 9.28. The standard InChI is InChI=1S/C15H14N4O/c1-20-12-8-3-2-6-10(12)13-14(18-19-15(13)16)11-7-4-5-9-17-11/h2-9H,1H3,(H3,16,18,19). The van der Waals surface area contributed by atoms with E-state index in [-0.39, 0.29) is 0 Å². The number of nitrogen functional groups attached to an aromatic ring is 1. The molecule has 0 fully saturated rings. The molecule has 0 aliphatic rings. The van der Waals surface area contributed by atoms with Gasteiger partial charge in [-0.2, -0.15) is 5.10 Å². The molecule has 5 nitrogen and oxygen atoms in total. The highest BCUT2D eigenvalue weighted by atomic mass is 16.5. The summed E-state index contributed by atoms with van der Waals surface area (Å²) in [6.07, 6.45) is 1.73. The van der Waals surface area contributed by atoms with E-state index in [2.05, 4.69) is 15.2 Å². The predicted octanol–water partition coefficient (Wildman–Crippen LogP) is 2.73. The van der Waals surface area contributed by atoms with E-state index < -0.39 is 0 Å². The molecule has 2 heterocycles. The molecule has 3 rings (SSSR count). The van der Waals surface area contributed by atoms with E-state index in [1.165, 1.54) is 0 Å². The van der Waals surface area contributed by atoms with Gasteiger partial charge in [0.15, 0.2) is 5.82 Å². The number of nitrogens with zero attached hydrogens (tertiary/aromatic N) is 2. The lowest BCUT2D eigenvalue weighted by atomic mass is 10.0. The fourth-order valence-corrected chi connectivity index (χ4v) is 2.18. The lowest BCUT2D eigenvalue weighted by molar-refractivity contribution is 0.416. The number of ether oxygens (including phenoxy) is 1. The van der Waals surface area contributed by atoms with Crippen LogP contribution in [0.1, 0.15) is 0 Å². The van der Waals surface area contributed by atoms with Gasteiger partial charge in [-0.25, -0.2) is 0 Å². The molecule has 0 saturated carbocycles. The number of pyridine rings is 1. The second kappa shape index (κ2) is 5.05. The first-order valence-electron chi connectivity index (χ1n) is 6.20. The van der Waals surface area contributed by atoms with Crippen molar-refractivity contribution in [2.24, 2.45) is 0 Å². The van der Waals surface area contributed by atoms with Gasteiger partial charge in [0.05, 0.1) is 24.1 Å². The molecular weight excluding hydrogens is 252 g/mol. The summed E-state index contributed by atoms with van der Waals surface area (Å²) in [5, 5.41) is 7.05. The van der Waals surface area contributed by atoms with Crippen LogP contribution in [-0.4, -0.2) is 22.3 Å². The number of rotatable bonds is 3. The zero-order valence-corrected chi connectivity index (χ0v) is 11.0. The Balaban J connectivity index is 2.22. The highest BCUT2D eigenvalue weighted by Crippen LogP contribution is 2.38. The second-order valence-corrected chi connectivity index (χ2v) is 4.27. The Bertz CT molecular complexity index is 722. The number of methoxy groups -OCH3 is 1. The molecule has 0 saturated heterocycles. The van der Waals surface area contributed by atoms with Crippen molar-refractivity contribution in [3.05, 3.63) is 48.7 Å². The molecule has 0 aliphatic heterocycles. The van der Waals surface area contributed by atoms with Crippen molar-refractivity contribution in [1.82, 2.24) is 15.2 Å². The van der Waals surface area contributed by atoms with Crippen LogP contribution in [0.5, 0.6) is 5.75 Å². The first-order valence-corrected chi connectivity index (χ1v) is 6.20. The van der Waals surface area contributed by atoms with E-state index in [9.17, 15) is 0 Å². The summed E-state index contributed by atoms with van der Waals surface area (Å²) in [7, 11) is 1.63. The van der Waals surface area contributed by atoms with Gasteiger partial charge in [-0.15, -0.1) is 0 Å². The largest absolute Gasteiger partial charge is 0.496 e. The summed E-state index contributed by atoms with van der Waals surface area (Å²) in [4.78, 5) is 4.34. The van der Waals surface area contributed by atoms with Crippen LogP contribution in [-0.2, 0) is 0 Å². The minimum absolute atomic E-state index is 0.426. The van der Waals surface area contributed by atoms with Gasteiger partial charge in [0.1, 0.15) is 5.75 Å². The van der Waals surface area contributed by atoms with Crippen molar-refractivity contribution in [2.45, 2.75) is 0 Å². The summed E-state index contributed by atoms with van der Waals surface area (Å²) >= 11 is 0. The maximum atomic E-state index is 6.01. The fourth-order valence-electron chi connectivity index (χ4n) is 2.18. The van der Waals surface area contributed by atoms with Crippen molar-refractivity contribution in [3.8, 4) is 28.3 Å². The number of benzene rings is 1. The van der Waals surface area contributed by atoms with Gasteiger partial charge in [-0.3, -0.25) is 10.1 Å². The lowest BCUT2D eigenvalue weighted by Crippen LogP contribution is -1.93. The maximum Gasteiger partial charge on any atom is 0.153 e. The predicted molar refractivity (Wildman–Crippen MR) is 78.2 cm³/mol. The molecule has 3 aromatic rings. The topological polar surface area (TPSA) is 76.8 Å². The number of nitrogens with two attached hydrogens (primary N) is 1. The van der Waals surface area contributed by atoms with Crippen molar-refractivity contribution in [1.29, 1.82) is 0 Å². The Morgan fingerprint density at radius 1 is 1.10 bits per heavy atom. The third kappa shape index (κ3) is 1.99. The zero-order chi connectivity index (χ0) is 13.9. The van der Waals surface area contributed by atoms with Crippen LogP contribution < -0.4 is 10.5 Å². The van der Waals surface area contributed by atoms with Crippen molar-refractivity contribution in [2.75, 3.05) is 12.8 Å². The van der Waals surface area contributed by atoms with E-state index in [0.717, 1.165) is 28.3 Å². The van der Waals surface area contributed by atoms with Crippen LogP contribution in [0.3, 0.4) is 0 Å². The summed E-state index contributed by atoms with van der Waals surface area (Å²) in [6.45, 7) is 0. The molecule has 20 heavy (non-hydrogen) atoms. The van der Waals surface area contributed by atoms with Crippen LogP contribution in [0.2, 0.25) is 0 Å². The average Bonchev–Trinajstić information content (AvgIpc) is 2.89. The smallest absolute Gasteiger partial charge is 0.153 e. The number of para-hydroxylation sites is 1. The molecular formula is C15H14N4O. The van der Waals surface area contributed by atoms with E-state index in [0.29, 0.717) is 5.82 Å². The number of hydrogen-bond donors (Lipinski definition) is 2. The number of nitrogens with one attached hydrogen (secondary N) is 1. The minimum Gasteiger partial charge on any atom is -0.496 e. The molecule has 1 aromatic carbocycles. The number of aromatic amines is 1. The fraction of sp³-hybridized carbons (Fsp3) is 0.0667. The molecule has 100 valence electrons. The number of aromatic nitrogens is 3. The second-order valence-electron chi connectivity index (χ2n) is 4.27. The third-order valence-corrected chi connectivity index (χ3v) is 3.09. The van der Waals surface area contributed by atoms with Crippen LogP contribution in [0, 0.1) is 0 Å². The van der Waals surface area contributed by atoms with E-state index in [4.69, 9.17) is 10.5 Å². The van der Waals surface area contributed by atoms with Gasteiger partial charge in [-0.1, -0.05) is 24.3 Å². The van der Waals surface area contributed by atoms with Gasteiger partial charge in [-0.05, 0) is 18.2 Å². The van der Waals surface area contributed by atoms with Crippen molar-refractivity contribution >= 4 is 5.82 Å². The van der Waals surface area contributed by atoms with Gasteiger partial charge in [0.2, 0.25) is 0 Å². The van der Waals surface area contributed by atoms with E-state index in [1.807, 2.05) is 42.5 Å². The highest BCUT2D eigenvalue weighted by Gasteiger charge is 2.18. The average molecular weight is 266 g/mol. The Hall–Kier alpha value is -2.82. The quantitative estimate of drug-likeness (QED) is 0.764.